The molecule has 10 heteroatoms. The number of rotatable bonds is 10. The number of hydrogen-bond donors (Lipinski definition) is 1. The summed E-state index contributed by atoms with van der Waals surface area (Å²) in [6.45, 7) is 1.77. The van der Waals surface area contributed by atoms with Gasteiger partial charge in [0.1, 0.15) is 11.5 Å². The molecule has 0 saturated heterocycles. The van der Waals surface area contributed by atoms with E-state index in [2.05, 4.69) is 33.1 Å². The molecule has 166 valence electrons. The summed E-state index contributed by atoms with van der Waals surface area (Å²) in [5.41, 5.74) is 3.46. The van der Waals surface area contributed by atoms with E-state index in [0.29, 0.717) is 37.7 Å². The number of ether oxygens (including phenoxy) is 5. The molecule has 0 radical (unpaired) electrons. The van der Waals surface area contributed by atoms with Crippen molar-refractivity contribution in [3.8, 4) is 23.0 Å². The topological polar surface area (TPSA) is 105 Å². The third kappa shape index (κ3) is 7.02. The molecule has 1 amide bonds. The fourth-order valence-electron chi connectivity index (χ4n) is 2.46. The molecule has 0 atom stereocenters. The van der Waals surface area contributed by atoms with Crippen molar-refractivity contribution < 1.29 is 33.3 Å². The van der Waals surface area contributed by atoms with Crippen molar-refractivity contribution in [3.05, 3.63) is 45.0 Å². The first kappa shape index (κ1) is 24.3. The van der Waals surface area contributed by atoms with Crippen molar-refractivity contribution in [1.82, 2.24) is 5.43 Å². The van der Waals surface area contributed by atoms with Crippen molar-refractivity contribution in [2.75, 3.05) is 34.5 Å². The van der Waals surface area contributed by atoms with Crippen LogP contribution in [0.15, 0.2) is 35.4 Å². The summed E-state index contributed by atoms with van der Waals surface area (Å²) in [7, 11) is 4.50. The monoisotopic (exact) mass is 542 g/mol. The van der Waals surface area contributed by atoms with Crippen LogP contribution >= 0.6 is 22.6 Å². The third-order valence-electron chi connectivity index (χ3n) is 3.88. The Kier molecular flexibility index (Phi) is 9.38. The van der Waals surface area contributed by atoms with Crippen LogP contribution in [-0.2, 0) is 9.53 Å². The van der Waals surface area contributed by atoms with Gasteiger partial charge in [-0.1, -0.05) is 0 Å². The van der Waals surface area contributed by atoms with Gasteiger partial charge in [0, 0.05) is 11.6 Å². The first-order chi connectivity index (χ1) is 14.9. The first-order valence-corrected chi connectivity index (χ1v) is 10.2. The summed E-state index contributed by atoms with van der Waals surface area (Å²) in [6, 6.07) is 8.27. The van der Waals surface area contributed by atoms with Gasteiger partial charge in [0.05, 0.1) is 37.7 Å². The molecule has 2 aromatic carbocycles. The fourth-order valence-corrected chi connectivity index (χ4v) is 3.24. The Morgan fingerprint density at radius 3 is 2.29 bits per heavy atom. The standard InChI is InChI=1S/C21H23IN2O7/c1-5-30-19(25)12-31-20-17(22)6-13(7-18(20)29-4)11-23-24-21(26)14-8-15(27-2)10-16(9-14)28-3/h6-11H,5,12H2,1-4H3,(H,24,26)/b23-11-. The molecule has 1 N–H and O–H groups in total. The molecule has 2 rings (SSSR count). The van der Waals surface area contributed by atoms with Gasteiger partial charge in [-0.15, -0.1) is 0 Å². The van der Waals surface area contributed by atoms with Crippen LogP contribution in [-0.4, -0.2) is 52.6 Å². The number of benzene rings is 2. The van der Waals surface area contributed by atoms with E-state index in [9.17, 15) is 9.59 Å². The third-order valence-corrected chi connectivity index (χ3v) is 4.69. The molecule has 0 aliphatic heterocycles. The lowest BCUT2D eigenvalue weighted by Gasteiger charge is -2.13. The van der Waals surface area contributed by atoms with E-state index in [0.717, 1.165) is 0 Å². The van der Waals surface area contributed by atoms with E-state index in [-0.39, 0.29) is 13.2 Å². The van der Waals surface area contributed by atoms with Crippen LogP contribution < -0.4 is 24.4 Å². The molecule has 9 nitrogen and oxygen atoms in total. The van der Waals surface area contributed by atoms with Gasteiger partial charge in [-0.05, 0) is 59.3 Å². The van der Waals surface area contributed by atoms with E-state index in [1.807, 2.05) is 0 Å². The Bertz CT molecular complexity index is 941. The van der Waals surface area contributed by atoms with Crippen molar-refractivity contribution >= 4 is 40.7 Å². The van der Waals surface area contributed by atoms with Gasteiger partial charge in [-0.3, -0.25) is 4.79 Å². The zero-order valence-corrected chi connectivity index (χ0v) is 19.7. The highest BCUT2D eigenvalue weighted by Crippen LogP contribution is 2.33. The Labute approximate surface area is 193 Å². The maximum absolute atomic E-state index is 12.4. The van der Waals surface area contributed by atoms with Crippen LogP contribution in [0.5, 0.6) is 23.0 Å². The minimum atomic E-state index is -0.470. The van der Waals surface area contributed by atoms with E-state index < -0.39 is 11.9 Å². The van der Waals surface area contributed by atoms with E-state index in [4.69, 9.17) is 23.7 Å². The van der Waals surface area contributed by atoms with Crippen LogP contribution in [0.25, 0.3) is 0 Å². The van der Waals surface area contributed by atoms with Crippen LogP contribution in [0.1, 0.15) is 22.8 Å². The van der Waals surface area contributed by atoms with Crippen LogP contribution in [0.3, 0.4) is 0 Å². The lowest BCUT2D eigenvalue weighted by molar-refractivity contribution is -0.145. The zero-order chi connectivity index (χ0) is 22.8. The number of esters is 1. The second-order valence-electron chi connectivity index (χ2n) is 5.93. The molecule has 0 heterocycles. The van der Waals surface area contributed by atoms with Crippen molar-refractivity contribution in [3.63, 3.8) is 0 Å². The molecule has 31 heavy (non-hydrogen) atoms. The zero-order valence-electron chi connectivity index (χ0n) is 17.6. The number of hydrazone groups is 1. The van der Waals surface area contributed by atoms with E-state index >= 15 is 0 Å². The van der Waals surface area contributed by atoms with Gasteiger partial charge in [0.2, 0.25) is 0 Å². The molecule has 2 aromatic rings. The Balaban J connectivity index is 2.11. The Hall–Kier alpha value is -3.02. The van der Waals surface area contributed by atoms with Gasteiger partial charge < -0.3 is 23.7 Å². The average molecular weight is 542 g/mol. The summed E-state index contributed by atoms with van der Waals surface area (Å²) >= 11 is 2.06. The minimum Gasteiger partial charge on any atom is -0.497 e. The lowest BCUT2D eigenvalue weighted by atomic mass is 10.2. The molecule has 0 saturated carbocycles. The Morgan fingerprint density at radius 2 is 1.71 bits per heavy atom. The summed E-state index contributed by atoms with van der Waals surface area (Å²) in [6.07, 6.45) is 1.47. The van der Waals surface area contributed by atoms with Crippen molar-refractivity contribution in [2.45, 2.75) is 6.92 Å². The lowest BCUT2D eigenvalue weighted by Crippen LogP contribution is -2.18. The molecule has 0 aromatic heterocycles. The fraction of sp³-hybridized carbons (Fsp3) is 0.286. The quantitative estimate of drug-likeness (QED) is 0.213. The number of methoxy groups -OCH3 is 3. The number of halogens is 1. The second-order valence-corrected chi connectivity index (χ2v) is 7.09. The Morgan fingerprint density at radius 1 is 1.03 bits per heavy atom. The van der Waals surface area contributed by atoms with Crippen LogP contribution in [0.2, 0.25) is 0 Å². The molecule has 0 aliphatic carbocycles. The number of hydrogen-bond acceptors (Lipinski definition) is 8. The largest absolute Gasteiger partial charge is 0.497 e. The van der Waals surface area contributed by atoms with Gasteiger partial charge >= 0.3 is 5.97 Å². The van der Waals surface area contributed by atoms with Gasteiger partial charge in [-0.2, -0.15) is 5.10 Å². The molecule has 0 aliphatic rings. The predicted molar refractivity (Wildman–Crippen MR) is 122 cm³/mol. The number of carbonyl (C=O) groups is 2. The van der Waals surface area contributed by atoms with Crippen molar-refractivity contribution in [2.24, 2.45) is 5.10 Å². The normalized spacial score (nSPS) is 10.5. The molecule has 0 bridgehead atoms. The summed E-state index contributed by atoms with van der Waals surface area (Å²) in [4.78, 5) is 23.9. The highest BCUT2D eigenvalue weighted by atomic mass is 127. The number of nitrogens with zero attached hydrogens (tertiary/aromatic N) is 1. The number of nitrogens with one attached hydrogen (secondary N) is 1. The summed E-state index contributed by atoms with van der Waals surface area (Å²) < 4.78 is 26.8. The highest BCUT2D eigenvalue weighted by molar-refractivity contribution is 14.1. The molecular formula is C21H23IN2O7. The van der Waals surface area contributed by atoms with E-state index in [1.54, 1.807) is 37.3 Å². The molecule has 0 spiro atoms. The smallest absolute Gasteiger partial charge is 0.344 e. The van der Waals surface area contributed by atoms with Crippen LogP contribution in [0, 0.1) is 3.57 Å². The minimum absolute atomic E-state index is 0.228. The second kappa shape index (κ2) is 12.0. The van der Waals surface area contributed by atoms with Crippen molar-refractivity contribution in [1.29, 1.82) is 0 Å². The molecule has 0 fully saturated rings. The van der Waals surface area contributed by atoms with Gasteiger partial charge in [-0.25, -0.2) is 10.2 Å². The summed E-state index contributed by atoms with van der Waals surface area (Å²) in [5, 5.41) is 3.99. The summed E-state index contributed by atoms with van der Waals surface area (Å²) in [5.74, 6) is 0.923. The van der Waals surface area contributed by atoms with E-state index in [1.165, 1.54) is 27.5 Å². The molecule has 0 unspecified atom stereocenters. The van der Waals surface area contributed by atoms with Crippen LogP contribution in [0.4, 0.5) is 0 Å². The number of carbonyl (C=O) groups excluding carboxylic acids is 2. The number of amides is 1. The molecular weight excluding hydrogens is 519 g/mol. The van der Waals surface area contributed by atoms with Gasteiger partial charge in [0.15, 0.2) is 18.1 Å². The predicted octanol–water partition coefficient (Wildman–Crippen LogP) is 3.02. The first-order valence-electron chi connectivity index (χ1n) is 9.14. The SMILES string of the molecule is CCOC(=O)COc1c(I)cc(/C=N\NC(=O)c2cc(OC)cc(OC)c2)cc1OC. The maximum atomic E-state index is 12.4. The average Bonchev–Trinajstić information content (AvgIpc) is 2.77. The van der Waals surface area contributed by atoms with Gasteiger partial charge in [0.25, 0.3) is 5.91 Å². The maximum Gasteiger partial charge on any atom is 0.344 e. The highest BCUT2D eigenvalue weighted by Gasteiger charge is 2.14.